The standard InChI is InChI=1S/C17H25N3O4S/c1-19(2)9-8-18-16(21)15-10-17(12-24-15)11-20(25(3,22)23)14-7-5-4-6-13(14)17/h4-7,15H,8-12H2,1-3H3,(H,18,21). The van der Waals surface area contributed by atoms with E-state index < -0.39 is 21.5 Å². The summed E-state index contributed by atoms with van der Waals surface area (Å²) in [5.41, 5.74) is 1.19. The first-order valence-electron chi connectivity index (χ1n) is 8.34. The van der Waals surface area contributed by atoms with Crippen LogP contribution < -0.4 is 9.62 Å². The van der Waals surface area contributed by atoms with Gasteiger partial charge in [-0.15, -0.1) is 0 Å². The minimum atomic E-state index is -3.37. The van der Waals surface area contributed by atoms with E-state index in [4.69, 9.17) is 4.74 Å². The van der Waals surface area contributed by atoms with Gasteiger partial charge in [0.25, 0.3) is 0 Å². The fourth-order valence-electron chi connectivity index (χ4n) is 3.60. The van der Waals surface area contributed by atoms with Crippen molar-refractivity contribution in [3.05, 3.63) is 29.8 Å². The highest BCUT2D eigenvalue weighted by Crippen LogP contribution is 2.48. The van der Waals surface area contributed by atoms with Gasteiger partial charge >= 0.3 is 0 Å². The molecule has 7 nitrogen and oxygen atoms in total. The van der Waals surface area contributed by atoms with E-state index in [2.05, 4.69) is 5.32 Å². The molecule has 1 saturated heterocycles. The number of nitrogens with one attached hydrogen (secondary N) is 1. The summed E-state index contributed by atoms with van der Waals surface area (Å²) in [6, 6.07) is 7.49. The zero-order chi connectivity index (χ0) is 18.2. The molecule has 1 spiro atoms. The van der Waals surface area contributed by atoms with Crippen LogP contribution in [0.3, 0.4) is 0 Å². The Morgan fingerprint density at radius 3 is 2.80 bits per heavy atom. The van der Waals surface area contributed by atoms with Crippen molar-refractivity contribution in [3.8, 4) is 0 Å². The Morgan fingerprint density at radius 1 is 1.40 bits per heavy atom. The van der Waals surface area contributed by atoms with Crippen LogP contribution >= 0.6 is 0 Å². The second-order valence-electron chi connectivity index (χ2n) is 7.17. The third-order valence-electron chi connectivity index (χ3n) is 4.88. The quantitative estimate of drug-likeness (QED) is 0.803. The van der Waals surface area contributed by atoms with Crippen LogP contribution in [0.1, 0.15) is 12.0 Å². The van der Waals surface area contributed by atoms with Gasteiger partial charge in [-0.25, -0.2) is 8.42 Å². The van der Waals surface area contributed by atoms with E-state index in [1.807, 2.05) is 43.3 Å². The van der Waals surface area contributed by atoms with Crippen molar-refractivity contribution in [2.45, 2.75) is 17.9 Å². The summed E-state index contributed by atoms with van der Waals surface area (Å²) in [5.74, 6) is -0.131. The summed E-state index contributed by atoms with van der Waals surface area (Å²) >= 11 is 0. The van der Waals surface area contributed by atoms with Crippen LogP contribution in [-0.2, 0) is 25.0 Å². The minimum Gasteiger partial charge on any atom is -0.367 e. The number of hydrogen-bond acceptors (Lipinski definition) is 5. The number of benzene rings is 1. The fraction of sp³-hybridized carbons (Fsp3) is 0.588. The molecule has 0 radical (unpaired) electrons. The number of ether oxygens (including phenoxy) is 1. The molecule has 1 amide bonds. The maximum absolute atomic E-state index is 12.4. The summed E-state index contributed by atoms with van der Waals surface area (Å²) in [7, 11) is 0.525. The Kier molecular flexibility index (Phi) is 4.78. The van der Waals surface area contributed by atoms with Crippen molar-refractivity contribution in [3.63, 3.8) is 0 Å². The van der Waals surface area contributed by atoms with Gasteiger partial charge in [0.2, 0.25) is 15.9 Å². The second-order valence-corrected chi connectivity index (χ2v) is 9.07. The van der Waals surface area contributed by atoms with Crippen LogP contribution in [0.2, 0.25) is 0 Å². The number of anilines is 1. The van der Waals surface area contributed by atoms with Crippen LogP contribution in [0.4, 0.5) is 5.69 Å². The third kappa shape index (κ3) is 3.51. The van der Waals surface area contributed by atoms with Gasteiger partial charge in [0, 0.05) is 25.0 Å². The molecular weight excluding hydrogens is 342 g/mol. The molecule has 138 valence electrons. The highest BCUT2D eigenvalue weighted by atomic mass is 32.2. The summed E-state index contributed by atoms with van der Waals surface area (Å²) in [5, 5.41) is 2.89. The summed E-state index contributed by atoms with van der Waals surface area (Å²) in [6.07, 6.45) is 1.16. The van der Waals surface area contributed by atoms with Gasteiger partial charge in [0.15, 0.2) is 0 Å². The van der Waals surface area contributed by atoms with Crippen molar-refractivity contribution in [2.24, 2.45) is 0 Å². The van der Waals surface area contributed by atoms with Crippen LogP contribution in [0.25, 0.3) is 0 Å². The highest BCUT2D eigenvalue weighted by molar-refractivity contribution is 7.92. The minimum absolute atomic E-state index is 0.131. The Morgan fingerprint density at radius 2 is 2.12 bits per heavy atom. The molecule has 2 aliphatic heterocycles. The van der Waals surface area contributed by atoms with Crippen molar-refractivity contribution < 1.29 is 17.9 Å². The molecule has 2 atom stereocenters. The fourth-order valence-corrected chi connectivity index (χ4v) is 4.59. The molecule has 2 heterocycles. The van der Waals surface area contributed by atoms with E-state index in [1.54, 1.807) is 0 Å². The average molecular weight is 367 g/mol. The Balaban J connectivity index is 1.77. The van der Waals surface area contributed by atoms with E-state index in [0.29, 0.717) is 31.8 Å². The maximum Gasteiger partial charge on any atom is 0.249 e. The number of carbonyl (C=O) groups excluding carboxylic acids is 1. The first-order valence-corrected chi connectivity index (χ1v) is 10.2. The molecular formula is C17H25N3O4S. The smallest absolute Gasteiger partial charge is 0.249 e. The lowest BCUT2D eigenvalue weighted by atomic mass is 9.80. The first kappa shape index (κ1) is 18.2. The SMILES string of the molecule is CN(C)CCNC(=O)C1CC2(CO1)CN(S(C)(=O)=O)c1ccccc12. The topological polar surface area (TPSA) is 79.0 Å². The molecule has 25 heavy (non-hydrogen) atoms. The van der Waals surface area contributed by atoms with Crippen LogP contribution in [0.5, 0.6) is 0 Å². The van der Waals surface area contributed by atoms with Crippen molar-refractivity contribution in [2.75, 3.05) is 50.9 Å². The molecule has 1 aromatic carbocycles. The number of amides is 1. The van der Waals surface area contributed by atoms with E-state index in [0.717, 1.165) is 12.1 Å². The van der Waals surface area contributed by atoms with E-state index >= 15 is 0 Å². The molecule has 0 bridgehead atoms. The predicted octanol–water partition coefficient (Wildman–Crippen LogP) is 0.171. The monoisotopic (exact) mass is 367 g/mol. The third-order valence-corrected chi connectivity index (χ3v) is 6.00. The summed E-state index contributed by atoms with van der Waals surface area (Å²) < 4.78 is 31.5. The van der Waals surface area contributed by atoms with Gasteiger partial charge in [0.1, 0.15) is 6.10 Å². The molecule has 3 rings (SSSR count). The molecule has 1 fully saturated rings. The second kappa shape index (κ2) is 6.59. The number of hydrogen-bond donors (Lipinski definition) is 1. The number of rotatable bonds is 5. The lowest BCUT2D eigenvalue weighted by Gasteiger charge is -2.23. The first-order chi connectivity index (χ1) is 11.7. The van der Waals surface area contributed by atoms with Crippen molar-refractivity contribution in [1.29, 1.82) is 0 Å². The van der Waals surface area contributed by atoms with Gasteiger partial charge < -0.3 is 15.0 Å². The zero-order valence-electron chi connectivity index (χ0n) is 14.9. The number of para-hydroxylation sites is 1. The van der Waals surface area contributed by atoms with E-state index in [9.17, 15) is 13.2 Å². The van der Waals surface area contributed by atoms with Gasteiger partial charge in [-0.3, -0.25) is 9.10 Å². The number of sulfonamides is 1. The van der Waals surface area contributed by atoms with Crippen LogP contribution in [-0.4, -0.2) is 71.9 Å². The average Bonchev–Trinajstić information content (AvgIpc) is 3.10. The van der Waals surface area contributed by atoms with Gasteiger partial charge in [-0.1, -0.05) is 18.2 Å². The Labute approximate surface area is 149 Å². The van der Waals surface area contributed by atoms with Gasteiger partial charge in [-0.2, -0.15) is 0 Å². The summed E-state index contributed by atoms with van der Waals surface area (Å²) in [4.78, 5) is 14.4. The maximum atomic E-state index is 12.4. The Bertz CT molecular complexity index is 765. The number of carbonyl (C=O) groups is 1. The van der Waals surface area contributed by atoms with Crippen molar-refractivity contribution in [1.82, 2.24) is 10.2 Å². The lowest BCUT2D eigenvalue weighted by molar-refractivity contribution is -0.130. The predicted molar refractivity (Wildman–Crippen MR) is 96.2 cm³/mol. The normalized spacial score (nSPS) is 25.6. The molecule has 2 aliphatic rings. The van der Waals surface area contributed by atoms with Gasteiger partial charge in [0.05, 0.1) is 18.6 Å². The summed E-state index contributed by atoms with van der Waals surface area (Å²) in [6.45, 7) is 1.99. The number of likely N-dealkylation sites (N-methyl/N-ethyl adjacent to an activating group) is 1. The number of fused-ring (bicyclic) bond motifs is 2. The zero-order valence-corrected chi connectivity index (χ0v) is 15.7. The molecule has 0 aliphatic carbocycles. The Hall–Kier alpha value is -1.64. The van der Waals surface area contributed by atoms with Crippen molar-refractivity contribution >= 4 is 21.6 Å². The molecule has 8 heteroatoms. The molecule has 1 aromatic rings. The molecule has 0 saturated carbocycles. The van der Waals surface area contributed by atoms with Crippen LogP contribution in [0.15, 0.2) is 24.3 Å². The van der Waals surface area contributed by atoms with Gasteiger partial charge in [-0.05, 0) is 32.1 Å². The number of nitrogens with zero attached hydrogens (tertiary/aromatic N) is 2. The molecule has 0 aromatic heterocycles. The van der Waals surface area contributed by atoms with Crippen LogP contribution in [0, 0.1) is 0 Å². The molecule has 1 N–H and O–H groups in total. The highest BCUT2D eigenvalue weighted by Gasteiger charge is 2.52. The lowest BCUT2D eigenvalue weighted by Crippen LogP contribution is -2.40. The largest absolute Gasteiger partial charge is 0.367 e. The van der Waals surface area contributed by atoms with E-state index in [1.165, 1.54) is 10.6 Å². The molecule has 2 unspecified atom stereocenters. The van der Waals surface area contributed by atoms with E-state index in [-0.39, 0.29) is 5.91 Å².